The van der Waals surface area contributed by atoms with Gasteiger partial charge in [-0.25, -0.2) is 4.79 Å². The molecule has 1 aromatic rings. The van der Waals surface area contributed by atoms with Crippen molar-refractivity contribution >= 4 is 21.9 Å². The van der Waals surface area contributed by atoms with Crippen molar-refractivity contribution in [3.63, 3.8) is 0 Å². The number of nitrogens with zero attached hydrogens (tertiary/aromatic N) is 2. The monoisotopic (exact) mass is 300 g/mol. The Bertz CT molecular complexity index is 430. The maximum Gasteiger partial charge on any atom is 0.352 e. The molecule has 2 atom stereocenters. The minimum Gasteiger partial charge on any atom is -0.477 e. The Kier molecular flexibility index (Phi) is 3.58. The van der Waals surface area contributed by atoms with Gasteiger partial charge in [0.1, 0.15) is 5.69 Å². The zero-order chi connectivity index (χ0) is 12.6. The third kappa shape index (κ3) is 2.55. The van der Waals surface area contributed by atoms with Crippen molar-refractivity contribution < 1.29 is 9.90 Å². The number of hydrogen-bond acceptors (Lipinski definition) is 2. The number of piperidine rings is 1. The fourth-order valence-electron chi connectivity index (χ4n) is 2.65. The number of aromatic carboxylic acids is 1. The number of hydrogen-bond donors (Lipinski definition) is 1. The van der Waals surface area contributed by atoms with E-state index in [1.165, 1.54) is 0 Å². The zero-order valence-electron chi connectivity index (χ0n) is 10.1. The quantitative estimate of drug-likeness (QED) is 0.912. The minimum absolute atomic E-state index is 0.281. The van der Waals surface area contributed by atoms with Crippen molar-refractivity contribution in [2.24, 2.45) is 5.92 Å². The summed E-state index contributed by atoms with van der Waals surface area (Å²) < 4.78 is 2.74. The molecule has 5 heteroatoms. The van der Waals surface area contributed by atoms with Gasteiger partial charge < -0.3 is 14.6 Å². The summed E-state index contributed by atoms with van der Waals surface area (Å²) in [7, 11) is 2.11. The van der Waals surface area contributed by atoms with E-state index in [4.69, 9.17) is 0 Å². The molecule has 0 radical (unpaired) electrons. The third-order valence-corrected chi connectivity index (χ3v) is 3.89. The van der Waals surface area contributed by atoms with Gasteiger partial charge in [-0.05, 0) is 47.9 Å². The van der Waals surface area contributed by atoms with Crippen LogP contribution in [0.5, 0.6) is 0 Å². The second-order valence-corrected chi connectivity index (χ2v) is 5.77. The van der Waals surface area contributed by atoms with Crippen LogP contribution in [0.15, 0.2) is 16.7 Å². The standard InChI is InChI=1S/C12H17BrN2O2/c1-8-6-14(2)4-3-10(8)15-7-9(13)5-11(15)12(16)17/h5,7-8,10H,3-4,6H2,1-2H3,(H,16,17). The predicted molar refractivity (Wildman–Crippen MR) is 69.4 cm³/mol. The molecule has 1 aliphatic rings. The number of carboxylic acids is 1. The van der Waals surface area contributed by atoms with Crippen LogP contribution >= 0.6 is 15.9 Å². The van der Waals surface area contributed by atoms with Crippen molar-refractivity contribution in [2.45, 2.75) is 19.4 Å². The van der Waals surface area contributed by atoms with E-state index in [1.807, 2.05) is 10.8 Å². The number of aromatic nitrogens is 1. The predicted octanol–water partition coefficient (Wildman–Crippen LogP) is 2.46. The lowest BCUT2D eigenvalue weighted by atomic mass is 9.94. The lowest BCUT2D eigenvalue weighted by molar-refractivity contribution is 0.0673. The second kappa shape index (κ2) is 4.82. The van der Waals surface area contributed by atoms with E-state index in [2.05, 4.69) is 34.8 Å². The highest BCUT2D eigenvalue weighted by atomic mass is 79.9. The molecule has 1 N–H and O–H groups in total. The van der Waals surface area contributed by atoms with Gasteiger partial charge in [-0.2, -0.15) is 0 Å². The molecule has 1 aliphatic heterocycles. The number of carbonyl (C=O) groups is 1. The zero-order valence-corrected chi connectivity index (χ0v) is 11.6. The molecule has 0 aliphatic carbocycles. The van der Waals surface area contributed by atoms with Crippen molar-refractivity contribution in [1.82, 2.24) is 9.47 Å². The molecule has 0 aromatic carbocycles. The molecule has 17 heavy (non-hydrogen) atoms. The maximum absolute atomic E-state index is 11.2. The summed E-state index contributed by atoms with van der Waals surface area (Å²) in [6, 6.07) is 1.96. The Labute approximate surface area is 109 Å². The van der Waals surface area contributed by atoms with Gasteiger partial charge in [-0.15, -0.1) is 0 Å². The SMILES string of the molecule is CC1CN(C)CCC1n1cc(Br)cc1C(=O)O. The molecule has 4 nitrogen and oxygen atoms in total. The topological polar surface area (TPSA) is 45.5 Å². The van der Waals surface area contributed by atoms with Crippen LogP contribution in [0.4, 0.5) is 0 Å². The maximum atomic E-state index is 11.2. The van der Waals surface area contributed by atoms with E-state index in [1.54, 1.807) is 6.07 Å². The molecule has 2 unspecified atom stereocenters. The summed E-state index contributed by atoms with van der Waals surface area (Å²) in [6.45, 7) is 4.21. The summed E-state index contributed by atoms with van der Waals surface area (Å²) in [5.41, 5.74) is 0.373. The van der Waals surface area contributed by atoms with Gasteiger partial charge in [0.15, 0.2) is 0 Å². The fourth-order valence-corrected chi connectivity index (χ4v) is 3.08. The number of carboxylic acid groups (broad SMARTS) is 1. The van der Waals surface area contributed by atoms with E-state index in [0.717, 1.165) is 24.0 Å². The Balaban J connectivity index is 2.30. The van der Waals surface area contributed by atoms with Crippen LogP contribution in [-0.4, -0.2) is 40.7 Å². The highest BCUT2D eigenvalue weighted by molar-refractivity contribution is 9.10. The van der Waals surface area contributed by atoms with Gasteiger partial charge in [-0.1, -0.05) is 6.92 Å². The summed E-state index contributed by atoms with van der Waals surface area (Å²) in [6.07, 6.45) is 2.88. The van der Waals surface area contributed by atoms with Crippen LogP contribution in [0, 0.1) is 5.92 Å². The van der Waals surface area contributed by atoms with Gasteiger partial charge in [0, 0.05) is 23.3 Å². The lowest BCUT2D eigenvalue weighted by Gasteiger charge is -2.36. The van der Waals surface area contributed by atoms with Gasteiger partial charge in [0.25, 0.3) is 0 Å². The Morgan fingerprint density at radius 1 is 1.59 bits per heavy atom. The Hall–Kier alpha value is -0.810. The van der Waals surface area contributed by atoms with Gasteiger partial charge >= 0.3 is 5.97 Å². The average molecular weight is 301 g/mol. The van der Waals surface area contributed by atoms with E-state index in [0.29, 0.717) is 11.6 Å². The van der Waals surface area contributed by atoms with E-state index >= 15 is 0 Å². The molecule has 0 saturated carbocycles. The first-order valence-electron chi connectivity index (χ1n) is 5.78. The van der Waals surface area contributed by atoms with Gasteiger partial charge in [-0.3, -0.25) is 0 Å². The highest BCUT2D eigenvalue weighted by Crippen LogP contribution is 2.30. The molecule has 1 fully saturated rings. The van der Waals surface area contributed by atoms with E-state index in [-0.39, 0.29) is 6.04 Å². The molecule has 0 amide bonds. The van der Waals surface area contributed by atoms with Crippen LogP contribution in [0.1, 0.15) is 29.9 Å². The van der Waals surface area contributed by atoms with E-state index in [9.17, 15) is 9.90 Å². The van der Waals surface area contributed by atoms with Gasteiger partial charge in [0.05, 0.1) is 0 Å². The summed E-state index contributed by atoms with van der Waals surface area (Å²) >= 11 is 3.36. The number of halogens is 1. The second-order valence-electron chi connectivity index (χ2n) is 4.85. The molecule has 94 valence electrons. The fraction of sp³-hybridized carbons (Fsp3) is 0.583. The summed E-state index contributed by atoms with van der Waals surface area (Å²) in [4.78, 5) is 13.5. The van der Waals surface area contributed by atoms with Crippen molar-refractivity contribution in [3.05, 3.63) is 22.4 Å². The van der Waals surface area contributed by atoms with Crippen LogP contribution in [-0.2, 0) is 0 Å². The lowest BCUT2D eigenvalue weighted by Crippen LogP contribution is -2.38. The Morgan fingerprint density at radius 3 is 2.88 bits per heavy atom. The third-order valence-electron chi connectivity index (χ3n) is 3.45. The first kappa shape index (κ1) is 12.6. The van der Waals surface area contributed by atoms with Gasteiger partial charge in [0.2, 0.25) is 0 Å². The average Bonchev–Trinajstić information content (AvgIpc) is 2.60. The number of rotatable bonds is 2. The molecule has 2 heterocycles. The van der Waals surface area contributed by atoms with Crippen LogP contribution in [0.2, 0.25) is 0 Å². The van der Waals surface area contributed by atoms with Crippen LogP contribution in [0.25, 0.3) is 0 Å². The Morgan fingerprint density at radius 2 is 2.29 bits per heavy atom. The molecule has 0 spiro atoms. The molecule has 2 rings (SSSR count). The number of likely N-dealkylation sites (tertiary alicyclic amines) is 1. The van der Waals surface area contributed by atoms with Crippen LogP contribution in [0.3, 0.4) is 0 Å². The van der Waals surface area contributed by atoms with Crippen LogP contribution < -0.4 is 0 Å². The largest absolute Gasteiger partial charge is 0.477 e. The normalized spacial score (nSPS) is 26.1. The van der Waals surface area contributed by atoms with Crippen molar-refractivity contribution in [3.8, 4) is 0 Å². The highest BCUT2D eigenvalue weighted by Gasteiger charge is 2.28. The summed E-state index contributed by atoms with van der Waals surface area (Å²) in [5.74, 6) is -0.395. The first-order chi connectivity index (χ1) is 7.99. The smallest absolute Gasteiger partial charge is 0.352 e. The molecular weight excluding hydrogens is 284 g/mol. The van der Waals surface area contributed by atoms with E-state index < -0.39 is 5.97 Å². The first-order valence-corrected chi connectivity index (χ1v) is 6.57. The molecular formula is C12H17BrN2O2. The molecule has 1 aromatic heterocycles. The van der Waals surface area contributed by atoms with Crippen molar-refractivity contribution in [2.75, 3.05) is 20.1 Å². The van der Waals surface area contributed by atoms with Crippen molar-refractivity contribution in [1.29, 1.82) is 0 Å². The minimum atomic E-state index is -0.859. The summed E-state index contributed by atoms with van der Waals surface area (Å²) in [5, 5.41) is 9.20. The molecule has 0 bridgehead atoms. The molecule has 1 saturated heterocycles.